The Bertz CT molecular complexity index is 456. The van der Waals surface area contributed by atoms with Crippen LogP contribution in [-0.2, 0) is 19.0 Å². The highest BCUT2D eigenvalue weighted by atomic mass is 16.6. The number of hydrogen-bond donors (Lipinski definition) is 2. The molecule has 9 nitrogen and oxygen atoms in total. The fourth-order valence-corrected chi connectivity index (χ4v) is 1.75. The molecule has 0 aromatic carbocycles. The molecule has 1 aliphatic rings. The largest absolute Gasteiger partial charge is 0.444 e. The quantitative estimate of drug-likeness (QED) is 0.515. The average Bonchev–Trinajstić information content (AvgIpc) is 3.23. The van der Waals surface area contributed by atoms with Crippen molar-refractivity contribution >= 4 is 12.0 Å². The van der Waals surface area contributed by atoms with E-state index in [9.17, 15) is 9.59 Å². The zero-order chi connectivity index (χ0) is 18.8. The summed E-state index contributed by atoms with van der Waals surface area (Å²) in [7, 11) is 0. The number of nitrogens with zero attached hydrogens (tertiary/aromatic N) is 2. The van der Waals surface area contributed by atoms with Crippen LogP contribution in [0.3, 0.4) is 0 Å². The van der Waals surface area contributed by atoms with Crippen LogP contribution >= 0.6 is 0 Å². The van der Waals surface area contributed by atoms with Gasteiger partial charge in [0.05, 0.1) is 26.4 Å². The molecule has 2 amide bonds. The number of carbonyl (C=O) groups is 2. The van der Waals surface area contributed by atoms with E-state index >= 15 is 0 Å². The standard InChI is InChI=1S/C16H30N4O5/c1-15(2,3)25-14(22)18-8-10-24-12-11-23-9-7-17-13(21)5-6-16(4)19-20-16/h5-12H2,1-4H3,(H,17,21)(H,18,22). The van der Waals surface area contributed by atoms with E-state index in [0.29, 0.717) is 52.4 Å². The highest BCUT2D eigenvalue weighted by molar-refractivity contribution is 5.75. The second-order valence-corrected chi connectivity index (χ2v) is 6.92. The molecule has 0 saturated carbocycles. The highest BCUT2D eigenvalue weighted by Gasteiger charge is 2.33. The normalized spacial score (nSPS) is 14.9. The molecule has 0 fully saturated rings. The molecule has 9 heteroatoms. The molecule has 0 unspecified atom stereocenters. The lowest BCUT2D eigenvalue weighted by atomic mass is 10.1. The van der Waals surface area contributed by atoms with Crippen LogP contribution in [0, 0.1) is 0 Å². The average molecular weight is 358 g/mol. The Morgan fingerprint density at radius 2 is 1.52 bits per heavy atom. The van der Waals surface area contributed by atoms with Crippen LogP contribution in [0.4, 0.5) is 4.79 Å². The third-order valence-electron chi connectivity index (χ3n) is 3.12. The van der Waals surface area contributed by atoms with E-state index in [-0.39, 0.29) is 11.6 Å². The second-order valence-electron chi connectivity index (χ2n) is 6.92. The van der Waals surface area contributed by atoms with Gasteiger partial charge in [-0.3, -0.25) is 4.79 Å². The van der Waals surface area contributed by atoms with Gasteiger partial charge in [-0.2, -0.15) is 10.2 Å². The minimum absolute atomic E-state index is 0.0217. The van der Waals surface area contributed by atoms with Crippen LogP contribution in [-0.4, -0.2) is 62.8 Å². The Hall–Kier alpha value is -1.74. The summed E-state index contributed by atoms with van der Waals surface area (Å²) in [6.07, 6.45) is 0.600. The fourth-order valence-electron chi connectivity index (χ4n) is 1.75. The first-order valence-corrected chi connectivity index (χ1v) is 8.53. The summed E-state index contributed by atoms with van der Waals surface area (Å²) < 4.78 is 15.8. The lowest BCUT2D eigenvalue weighted by Crippen LogP contribution is -2.34. The van der Waals surface area contributed by atoms with E-state index in [1.165, 1.54) is 0 Å². The molecule has 2 N–H and O–H groups in total. The van der Waals surface area contributed by atoms with Gasteiger partial charge < -0.3 is 24.8 Å². The predicted octanol–water partition coefficient (Wildman–Crippen LogP) is 1.62. The van der Waals surface area contributed by atoms with Gasteiger partial charge in [0.15, 0.2) is 5.66 Å². The van der Waals surface area contributed by atoms with Crippen LogP contribution < -0.4 is 10.6 Å². The van der Waals surface area contributed by atoms with Crippen LogP contribution in [0.2, 0.25) is 0 Å². The summed E-state index contributed by atoms with van der Waals surface area (Å²) in [5.74, 6) is -0.0217. The number of hydrogen-bond acceptors (Lipinski definition) is 7. The van der Waals surface area contributed by atoms with Crippen LogP contribution in [0.1, 0.15) is 40.5 Å². The van der Waals surface area contributed by atoms with Gasteiger partial charge in [-0.05, 0) is 27.7 Å². The number of ether oxygens (including phenoxy) is 3. The molecule has 0 aliphatic carbocycles. The van der Waals surface area contributed by atoms with E-state index in [1.54, 1.807) is 0 Å². The summed E-state index contributed by atoms with van der Waals surface area (Å²) in [6, 6.07) is 0. The van der Waals surface area contributed by atoms with Gasteiger partial charge in [0.25, 0.3) is 0 Å². The number of rotatable bonds is 12. The molecule has 144 valence electrons. The molecule has 1 aliphatic heterocycles. The van der Waals surface area contributed by atoms with Crippen LogP contribution in [0.15, 0.2) is 10.2 Å². The van der Waals surface area contributed by atoms with Crippen molar-refractivity contribution in [2.75, 3.05) is 39.5 Å². The Morgan fingerprint density at radius 3 is 2.04 bits per heavy atom. The Labute approximate surface area is 148 Å². The predicted molar refractivity (Wildman–Crippen MR) is 91.4 cm³/mol. The highest BCUT2D eigenvalue weighted by Crippen LogP contribution is 2.31. The first-order valence-electron chi connectivity index (χ1n) is 8.53. The lowest BCUT2D eigenvalue weighted by molar-refractivity contribution is -0.121. The summed E-state index contributed by atoms with van der Waals surface area (Å²) in [5, 5.41) is 13.1. The maximum atomic E-state index is 11.5. The first-order chi connectivity index (χ1) is 11.7. The zero-order valence-corrected chi connectivity index (χ0v) is 15.6. The SMILES string of the molecule is CC1(CCC(=O)NCCOCCOCCNC(=O)OC(C)(C)C)N=N1. The first kappa shape index (κ1) is 21.3. The van der Waals surface area contributed by atoms with Crippen molar-refractivity contribution in [2.45, 2.75) is 51.8 Å². The molecule has 0 aromatic rings. The van der Waals surface area contributed by atoms with Crippen molar-refractivity contribution in [2.24, 2.45) is 10.2 Å². The van der Waals surface area contributed by atoms with E-state index in [2.05, 4.69) is 20.9 Å². The number of amides is 2. The van der Waals surface area contributed by atoms with Crippen molar-refractivity contribution in [3.63, 3.8) is 0 Å². The Morgan fingerprint density at radius 1 is 0.960 bits per heavy atom. The summed E-state index contributed by atoms with van der Waals surface area (Å²) in [5.41, 5.74) is -0.835. The molecule has 0 bridgehead atoms. The van der Waals surface area contributed by atoms with Crippen LogP contribution in [0.25, 0.3) is 0 Å². The molecule has 0 radical (unpaired) electrons. The molecular formula is C16H30N4O5. The molecule has 0 saturated heterocycles. The van der Waals surface area contributed by atoms with E-state index in [1.807, 2.05) is 27.7 Å². The lowest BCUT2D eigenvalue weighted by Gasteiger charge is -2.19. The molecule has 0 aromatic heterocycles. The Balaban J connectivity index is 1.81. The molecule has 1 rings (SSSR count). The fraction of sp³-hybridized carbons (Fsp3) is 0.875. The van der Waals surface area contributed by atoms with E-state index < -0.39 is 11.7 Å². The maximum absolute atomic E-state index is 11.5. The molecule has 25 heavy (non-hydrogen) atoms. The minimum Gasteiger partial charge on any atom is -0.444 e. The smallest absolute Gasteiger partial charge is 0.407 e. The van der Waals surface area contributed by atoms with Gasteiger partial charge in [-0.15, -0.1) is 0 Å². The molecule has 0 spiro atoms. The minimum atomic E-state index is -0.505. The monoisotopic (exact) mass is 358 g/mol. The number of alkyl carbamates (subject to hydrolysis) is 1. The molecule has 1 heterocycles. The van der Waals surface area contributed by atoms with E-state index in [0.717, 1.165) is 0 Å². The van der Waals surface area contributed by atoms with Gasteiger partial charge in [0.2, 0.25) is 5.91 Å². The van der Waals surface area contributed by atoms with Gasteiger partial charge in [-0.25, -0.2) is 4.79 Å². The summed E-state index contributed by atoms with van der Waals surface area (Å²) in [4.78, 5) is 22.9. The second kappa shape index (κ2) is 10.3. The van der Waals surface area contributed by atoms with Gasteiger partial charge in [-0.1, -0.05) is 0 Å². The molecular weight excluding hydrogens is 328 g/mol. The van der Waals surface area contributed by atoms with Gasteiger partial charge in [0.1, 0.15) is 5.60 Å². The topological polar surface area (TPSA) is 111 Å². The van der Waals surface area contributed by atoms with Crippen molar-refractivity contribution < 1.29 is 23.8 Å². The number of nitrogens with one attached hydrogen (secondary N) is 2. The molecule has 0 atom stereocenters. The number of carbonyl (C=O) groups excluding carboxylic acids is 2. The van der Waals surface area contributed by atoms with Gasteiger partial charge >= 0.3 is 6.09 Å². The summed E-state index contributed by atoms with van der Waals surface area (Å²) in [6.45, 7) is 9.82. The maximum Gasteiger partial charge on any atom is 0.407 e. The Kier molecular flexibility index (Phi) is 8.77. The third kappa shape index (κ3) is 12.3. The third-order valence-corrected chi connectivity index (χ3v) is 3.12. The van der Waals surface area contributed by atoms with Crippen molar-refractivity contribution in [1.29, 1.82) is 0 Å². The van der Waals surface area contributed by atoms with Crippen molar-refractivity contribution in [3.8, 4) is 0 Å². The van der Waals surface area contributed by atoms with Crippen molar-refractivity contribution in [3.05, 3.63) is 0 Å². The van der Waals surface area contributed by atoms with Crippen LogP contribution in [0.5, 0.6) is 0 Å². The zero-order valence-electron chi connectivity index (χ0n) is 15.6. The van der Waals surface area contributed by atoms with E-state index in [4.69, 9.17) is 14.2 Å². The van der Waals surface area contributed by atoms with Crippen molar-refractivity contribution in [1.82, 2.24) is 10.6 Å². The summed E-state index contributed by atoms with van der Waals surface area (Å²) >= 11 is 0. The van der Waals surface area contributed by atoms with Gasteiger partial charge in [0, 0.05) is 25.9 Å².